The van der Waals surface area contributed by atoms with Crippen LogP contribution >= 0.6 is 11.8 Å². The number of hydrogen-bond acceptors (Lipinski definition) is 6. The quantitative estimate of drug-likeness (QED) is 0.240. The van der Waals surface area contributed by atoms with Gasteiger partial charge in [0.25, 0.3) is 0 Å². The van der Waals surface area contributed by atoms with Gasteiger partial charge in [-0.2, -0.15) is 26.3 Å². The molecule has 1 aliphatic rings. The van der Waals surface area contributed by atoms with Gasteiger partial charge in [0.05, 0.1) is 30.0 Å². The van der Waals surface area contributed by atoms with E-state index in [0.717, 1.165) is 24.3 Å². The maximum atomic E-state index is 14.2. The second kappa shape index (κ2) is 12.8. The fourth-order valence-electron chi connectivity index (χ4n) is 4.10. The zero-order chi connectivity index (χ0) is 30.5. The van der Waals surface area contributed by atoms with E-state index in [1.165, 1.54) is 41.4 Å². The van der Waals surface area contributed by atoms with E-state index in [1.807, 2.05) is 0 Å². The number of benzene rings is 2. The molecule has 7 nitrogen and oxygen atoms in total. The van der Waals surface area contributed by atoms with Crippen molar-refractivity contribution in [3.05, 3.63) is 89.3 Å². The molecule has 1 N–H and O–H groups in total. The Morgan fingerprint density at radius 3 is 2.33 bits per heavy atom. The molecule has 224 valence electrons. The van der Waals surface area contributed by atoms with E-state index >= 15 is 0 Å². The molecular formula is C27H23F6N3O4S2. The number of rotatable bonds is 8. The summed E-state index contributed by atoms with van der Waals surface area (Å²) in [5, 5.41) is 0. The SMILES string of the molecule is O=C(/C=C/c1ccc(Sc2cccc(NS(=O)(=O)Cc3ccccn3)c2)c(C(F)(F)F)c1C(F)(F)F)N1CCOCC1. The Hall–Kier alpha value is -3.56. The monoisotopic (exact) mass is 631 g/mol. The number of carbonyl (C=O) groups excluding carboxylic acids is 1. The Balaban J connectivity index is 1.65. The van der Waals surface area contributed by atoms with Crippen LogP contribution in [0.2, 0.25) is 0 Å². The summed E-state index contributed by atoms with van der Waals surface area (Å²) < 4.78 is 118. The largest absolute Gasteiger partial charge is 0.418 e. The van der Waals surface area contributed by atoms with Crippen LogP contribution in [0.5, 0.6) is 0 Å². The molecule has 42 heavy (non-hydrogen) atoms. The number of anilines is 1. The standard InChI is InChI=1S/C27H23F6N3O4S2/c28-26(29,30)24-18(8-10-23(37)36-12-14-40-15-13-36)7-9-22(25(24)27(31,32)33)41-21-6-3-5-19(16-21)35-42(38,39)17-20-4-1-2-11-34-20/h1-11,16,35H,12-15,17H2/b10-8+. The average molecular weight is 632 g/mol. The van der Waals surface area contributed by atoms with E-state index in [9.17, 15) is 39.6 Å². The molecule has 1 amide bonds. The molecule has 2 heterocycles. The molecule has 1 aromatic heterocycles. The zero-order valence-electron chi connectivity index (χ0n) is 21.6. The topological polar surface area (TPSA) is 88.6 Å². The van der Waals surface area contributed by atoms with Crippen LogP contribution in [0, 0.1) is 0 Å². The van der Waals surface area contributed by atoms with Crippen molar-refractivity contribution >= 4 is 39.5 Å². The summed E-state index contributed by atoms with van der Waals surface area (Å²) in [5.41, 5.74) is -4.41. The third kappa shape index (κ3) is 8.26. The predicted octanol–water partition coefficient (Wildman–Crippen LogP) is 6.08. The van der Waals surface area contributed by atoms with Crippen LogP contribution < -0.4 is 4.72 Å². The number of sulfonamides is 1. The lowest BCUT2D eigenvalue weighted by Crippen LogP contribution is -2.39. The van der Waals surface area contributed by atoms with E-state index in [1.54, 1.807) is 12.1 Å². The van der Waals surface area contributed by atoms with Gasteiger partial charge in [0, 0.05) is 40.8 Å². The number of nitrogens with zero attached hydrogens (tertiary/aromatic N) is 2. The molecular weight excluding hydrogens is 608 g/mol. The second-order valence-corrected chi connectivity index (χ2v) is 11.8. The van der Waals surface area contributed by atoms with E-state index in [-0.39, 0.29) is 42.6 Å². The van der Waals surface area contributed by atoms with Crippen molar-refractivity contribution in [3.63, 3.8) is 0 Å². The van der Waals surface area contributed by atoms with Gasteiger partial charge in [0.15, 0.2) is 0 Å². The molecule has 4 rings (SSSR count). The van der Waals surface area contributed by atoms with Gasteiger partial charge in [0.1, 0.15) is 5.75 Å². The minimum atomic E-state index is -5.41. The third-order valence-corrected chi connectivity index (χ3v) is 8.17. The first-order valence-corrected chi connectivity index (χ1v) is 14.7. The van der Waals surface area contributed by atoms with Crippen molar-refractivity contribution in [3.8, 4) is 0 Å². The lowest BCUT2D eigenvalue weighted by Gasteiger charge is -2.25. The lowest BCUT2D eigenvalue weighted by molar-refractivity contribution is -0.163. The van der Waals surface area contributed by atoms with Gasteiger partial charge in [0.2, 0.25) is 15.9 Å². The number of morpholine rings is 1. The van der Waals surface area contributed by atoms with Gasteiger partial charge in [-0.3, -0.25) is 14.5 Å². The van der Waals surface area contributed by atoms with Crippen LogP contribution in [0.1, 0.15) is 22.4 Å². The Labute approximate surface area is 241 Å². The lowest BCUT2D eigenvalue weighted by atomic mass is 9.99. The van der Waals surface area contributed by atoms with Crippen LogP contribution in [-0.2, 0) is 37.7 Å². The van der Waals surface area contributed by atoms with E-state index < -0.39 is 55.6 Å². The summed E-state index contributed by atoms with van der Waals surface area (Å²) >= 11 is 0.391. The van der Waals surface area contributed by atoms with Gasteiger partial charge in [-0.05, 0) is 48.0 Å². The number of pyridine rings is 1. The number of nitrogens with one attached hydrogen (secondary N) is 1. The van der Waals surface area contributed by atoms with E-state index in [4.69, 9.17) is 4.74 Å². The Morgan fingerprint density at radius 2 is 1.69 bits per heavy atom. The number of aromatic nitrogens is 1. The molecule has 1 fully saturated rings. The van der Waals surface area contributed by atoms with Gasteiger partial charge in [-0.15, -0.1) is 0 Å². The molecule has 0 aliphatic carbocycles. The predicted molar refractivity (Wildman–Crippen MR) is 144 cm³/mol. The molecule has 0 unspecified atom stereocenters. The highest BCUT2D eigenvalue weighted by atomic mass is 32.2. The summed E-state index contributed by atoms with van der Waals surface area (Å²) in [5.74, 6) is -1.12. The molecule has 0 saturated carbocycles. The molecule has 0 spiro atoms. The Kier molecular flexibility index (Phi) is 9.53. The molecule has 15 heteroatoms. The Morgan fingerprint density at radius 1 is 0.976 bits per heavy atom. The molecule has 1 saturated heterocycles. The van der Waals surface area contributed by atoms with Crippen LogP contribution in [0.15, 0.2) is 76.7 Å². The summed E-state index contributed by atoms with van der Waals surface area (Å²) in [4.78, 5) is 16.9. The minimum absolute atomic E-state index is 0.00159. The van der Waals surface area contributed by atoms with Crippen molar-refractivity contribution in [2.24, 2.45) is 0 Å². The highest BCUT2D eigenvalue weighted by Gasteiger charge is 2.46. The number of halogens is 6. The number of hydrogen-bond donors (Lipinski definition) is 1. The van der Waals surface area contributed by atoms with E-state index in [2.05, 4.69) is 9.71 Å². The van der Waals surface area contributed by atoms with Gasteiger partial charge < -0.3 is 9.64 Å². The van der Waals surface area contributed by atoms with Crippen LogP contribution in [0.25, 0.3) is 6.08 Å². The van der Waals surface area contributed by atoms with Gasteiger partial charge in [-0.25, -0.2) is 8.42 Å². The van der Waals surface area contributed by atoms with Gasteiger partial charge in [-0.1, -0.05) is 30.0 Å². The molecule has 1 aliphatic heterocycles. The molecule has 2 aromatic carbocycles. The number of carbonyl (C=O) groups is 1. The fourth-order valence-corrected chi connectivity index (χ4v) is 6.27. The molecule has 0 radical (unpaired) electrons. The number of ether oxygens (including phenoxy) is 1. The highest BCUT2D eigenvalue weighted by molar-refractivity contribution is 7.99. The fraction of sp³-hybridized carbons (Fsp3) is 0.259. The van der Waals surface area contributed by atoms with Crippen molar-refractivity contribution < 1.29 is 44.3 Å². The smallest absolute Gasteiger partial charge is 0.378 e. The van der Waals surface area contributed by atoms with Crippen molar-refractivity contribution in [1.82, 2.24) is 9.88 Å². The van der Waals surface area contributed by atoms with Crippen LogP contribution in [-0.4, -0.2) is 50.5 Å². The molecule has 0 atom stereocenters. The van der Waals surface area contributed by atoms with Gasteiger partial charge >= 0.3 is 12.4 Å². The first kappa shape index (κ1) is 31.4. The maximum absolute atomic E-state index is 14.2. The second-order valence-electron chi connectivity index (χ2n) is 8.98. The molecule has 3 aromatic rings. The minimum Gasteiger partial charge on any atom is -0.378 e. The zero-order valence-corrected chi connectivity index (χ0v) is 23.2. The van der Waals surface area contributed by atoms with Crippen LogP contribution in [0.3, 0.4) is 0 Å². The maximum Gasteiger partial charge on any atom is 0.418 e. The summed E-state index contributed by atoms with van der Waals surface area (Å²) in [6.45, 7) is 0.892. The molecule has 0 bridgehead atoms. The van der Waals surface area contributed by atoms with Crippen molar-refractivity contribution in [2.75, 3.05) is 31.0 Å². The summed E-state index contributed by atoms with van der Waals surface area (Å²) in [6, 6.07) is 11.7. The first-order valence-electron chi connectivity index (χ1n) is 12.3. The number of alkyl halides is 6. The number of amides is 1. The Bertz CT molecular complexity index is 1560. The van der Waals surface area contributed by atoms with E-state index in [0.29, 0.717) is 11.8 Å². The normalized spacial score (nSPS) is 14.8. The average Bonchev–Trinajstić information content (AvgIpc) is 2.91. The van der Waals surface area contributed by atoms with Crippen molar-refractivity contribution in [2.45, 2.75) is 27.9 Å². The third-order valence-electron chi connectivity index (χ3n) is 5.89. The summed E-state index contributed by atoms with van der Waals surface area (Å²) in [6.07, 6.45) is -7.87. The van der Waals surface area contributed by atoms with Crippen LogP contribution in [0.4, 0.5) is 32.0 Å². The first-order chi connectivity index (χ1) is 19.7. The highest BCUT2D eigenvalue weighted by Crippen LogP contribution is 2.48. The summed E-state index contributed by atoms with van der Waals surface area (Å²) in [7, 11) is -3.96. The van der Waals surface area contributed by atoms with Crippen molar-refractivity contribution in [1.29, 1.82) is 0 Å².